The zero-order valence-corrected chi connectivity index (χ0v) is 8.88. The zero-order chi connectivity index (χ0) is 10.3. The van der Waals surface area contributed by atoms with E-state index in [0.29, 0.717) is 0 Å². The average Bonchev–Trinajstić information content (AvgIpc) is 2.86. The van der Waals surface area contributed by atoms with Crippen LogP contribution in [-0.4, -0.2) is 19.9 Å². The fraction of sp³-hybridized carbons (Fsp3) is 0.100. The number of aryl methyl sites for hydroxylation is 1. The highest BCUT2D eigenvalue weighted by atomic mass is 32.1. The van der Waals surface area contributed by atoms with Crippen molar-refractivity contribution < 1.29 is 0 Å². The van der Waals surface area contributed by atoms with Gasteiger partial charge in [-0.2, -0.15) is 0 Å². The maximum atomic E-state index is 4.42. The molecule has 0 aliphatic carbocycles. The van der Waals surface area contributed by atoms with Gasteiger partial charge in [0, 0.05) is 12.4 Å². The predicted molar refractivity (Wildman–Crippen MR) is 59.7 cm³/mol. The summed E-state index contributed by atoms with van der Waals surface area (Å²) in [5.74, 6) is 0.842. The Morgan fingerprint density at radius 2 is 2.33 bits per heavy atom. The van der Waals surface area contributed by atoms with Crippen molar-refractivity contribution >= 4 is 22.5 Å². The van der Waals surface area contributed by atoms with E-state index in [9.17, 15) is 0 Å². The molecule has 0 bridgehead atoms. The fourth-order valence-electron chi connectivity index (χ4n) is 1.48. The van der Waals surface area contributed by atoms with Crippen LogP contribution in [0.5, 0.6) is 0 Å². The number of nitrogens with zero attached hydrogens (tertiary/aromatic N) is 3. The number of fused-ring (bicyclic) bond motifs is 1. The Kier molecular flexibility index (Phi) is 1.78. The molecule has 1 N–H and O–H groups in total. The number of hydrogen-bond acceptors (Lipinski definition) is 4. The van der Waals surface area contributed by atoms with Crippen LogP contribution >= 0.6 is 11.3 Å². The summed E-state index contributed by atoms with van der Waals surface area (Å²) < 4.78 is 0. The van der Waals surface area contributed by atoms with Crippen molar-refractivity contribution in [2.45, 2.75) is 6.92 Å². The monoisotopic (exact) mass is 216 g/mol. The first-order valence-electron chi connectivity index (χ1n) is 4.55. The van der Waals surface area contributed by atoms with Gasteiger partial charge in [-0.25, -0.2) is 9.97 Å². The molecule has 3 aromatic rings. The van der Waals surface area contributed by atoms with Gasteiger partial charge in [0.15, 0.2) is 11.5 Å². The number of thiazole rings is 1. The van der Waals surface area contributed by atoms with Gasteiger partial charge in [-0.3, -0.25) is 4.98 Å². The summed E-state index contributed by atoms with van der Waals surface area (Å²) in [4.78, 5) is 17.0. The number of aromatic nitrogens is 4. The molecule has 4 nitrogen and oxygen atoms in total. The standard InChI is InChI=1S/C10H8N4S/c1-6-2-3-12-10-8(6)13-9(14-10)7-4-11-5-15-7/h2-5H,1H3,(H,12,13,14). The van der Waals surface area contributed by atoms with Gasteiger partial charge in [-0.1, -0.05) is 0 Å². The molecule has 3 heterocycles. The maximum absolute atomic E-state index is 4.42. The van der Waals surface area contributed by atoms with E-state index in [1.54, 1.807) is 29.2 Å². The van der Waals surface area contributed by atoms with E-state index >= 15 is 0 Å². The lowest BCUT2D eigenvalue weighted by Crippen LogP contribution is -1.78. The minimum Gasteiger partial charge on any atom is -0.336 e. The molecular formula is C10H8N4S. The summed E-state index contributed by atoms with van der Waals surface area (Å²) in [5, 5.41) is 0. The van der Waals surface area contributed by atoms with Gasteiger partial charge in [0.2, 0.25) is 0 Å². The van der Waals surface area contributed by atoms with Crippen LogP contribution in [0.4, 0.5) is 0 Å². The molecule has 0 radical (unpaired) electrons. The molecule has 0 unspecified atom stereocenters. The molecular weight excluding hydrogens is 208 g/mol. The summed E-state index contributed by atoms with van der Waals surface area (Å²) >= 11 is 1.56. The molecule has 0 fully saturated rings. The minimum absolute atomic E-state index is 0.762. The van der Waals surface area contributed by atoms with E-state index in [2.05, 4.69) is 19.9 Å². The molecule has 0 atom stereocenters. The number of aromatic amines is 1. The van der Waals surface area contributed by atoms with Crippen LogP contribution in [0, 0.1) is 6.92 Å². The van der Waals surface area contributed by atoms with Gasteiger partial charge < -0.3 is 4.98 Å². The molecule has 0 saturated carbocycles. The molecule has 0 amide bonds. The molecule has 0 aliphatic heterocycles. The molecule has 3 rings (SSSR count). The summed E-state index contributed by atoms with van der Waals surface area (Å²) in [6, 6.07) is 1.97. The van der Waals surface area contributed by atoms with Crippen LogP contribution in [0.1, 0.15) is 5.56 Å². The molecule has 74 valence electrons. The Hall–Kier alpha value is -1.75. The zero-order valence-electron chi connectivity index (χ0n) is 8.06. The smallest absolute Gasteiger partial charge is 0.178 e. The van der Waals surface area contributed by atoms with Crippen molar-refractivity contribution in [1.82, 2.24) is 19.9 Å². The third-order valence-corrected chi connectivity index (χ3v) is 3.05. The second kappa shape index (κ2) is 3.13. The quantitative estimate of drug-likeness (QED) is 0.679. The first kappa shape index (κ1) is 8.55. The number of nitrogens with one attached hydrogen (secondary N) is 1. The van der Waals surface area contributed by atoms with Gasteiger partial charge in [-0.05, 0) is 18.6 Å². The van der Waals surface area contributed by atoms with Crippen molar-refractivity contribution in [3.8, 4) is 10.7 Å². The van der Waals surface area contributed by atoms with Crippen molar-refractivity contribution in [3.05, 3.63) is 29.5 Å². The Bertz CT molecular complexity index is 597. The van der Waals surface area contributed by atoms with Crippen molar-refractivity contribution in [2.24, 2.45) is 0 Å². The SMILES string of the molecule is Cc1ccnc2nc(-c3cncs3)[nH]c12. The van der Waals surface area contributed by atoms with E-state index < -0.39 is 0 Å². The fourth-order valence-corrected chi connectivity index (χ4v) is 2.05. The average molecular weight is 216 g/mol. The second-order valence-corrected chi connectivity index (χ2v) is 4.16. The number of hydrogen-bond donors (Lipinski definition) is 1. The summed E-state index contributed by atoms with van der Waals surface area (Å²) in [6.45, 7) is 2.04. The minimum atomic E-state index is 0.762. The predicted octanol–water partition coefficient (Wildman–Crippen LogP) is 2.39. The second-order valence-electron chi connectivity index (χ2n) is 3.28. The number of pyridine rings is 1. The van der Waals surface area contributed by atoms with Crippen LogP contribution < -0.4 is 0 Å². The Morgan fingerprint density at radius 3 is 3.07 bits per heavy atom. The van der Waals surface area contributed by atoms with Gasteiger partial charge in [0.05, 0.1) is 15.9 Å². The topological polar surface area (TPSA) is 54.5 Å². The number of rotatable bonds is 1. The maximum Gasteiger partial charge on any atom is 0.178 e. The first-order chi connectivity index (χ1) is 7.34. The van der Waals surface area contributed by atoms with E-state index in [1.807, 2.05) is 13.0 Å². The Morgan fingerprint density at radius 1 is 1.40 bits per heavy atom. The summed E-state index contributed by atoms with van der Waals surface area (Å²) in [7, 11) is 0. The lowest BCUT2D eigenvalue weighted by Gasteiger charge is -1.90. The normalized spacial score (nSPS) is 11.0. The number of imidazole rings is 1. The summed E-state index contributed by atoms with van der Waals surface area (Å²) in [5.41, 5.74) is 4.71. The molecule has 0 aromatic carbocycles. The van der Waals surface area contributed by atoms with Gasteiger partial charge in [-0.15, -0.1) is 11.3 Å². The lowest BCUT2D eigenvalue weighted by molar-refractivity contribution is 1.30. The van der Waals surface area contributed by atoms with Crippen LogP contribution in [0.3, 0.4) is 0 Å². The molecule has 5 heteroatoms. The van der Waals surface area contributed by atoms with Gasteiger partial charge in [0.1, 0.15) is 0 Å². The largest absolute Gasteiger partial charge is 0.336 e. The third kappa shape index (κ3) is 1.32. The van der Waals surface area contributed by atoms with E-state index in [-0.39, 0.29) is 0 Å². The number of H-pyrrole nitrogens is 1. The molecule has 0 spiro atoms. The van der Waals surface area contributed by atoms with Crippen LogP contribution in [0.15, 0.2) is 24.0 Å². The first-order valence-corrected chi connectivity index (χ1v) is 5.43. The van der Waals surface area contributed by atoms with Crippen LogP contribution in [-0.2, 0) is 0 Å². The molecule has 0 saturated heterocycles. The van der Waals surface area contributed by atoms with Crippen molar-refractivity contribution in [3.63, 3.8) is 0 Å². The lowest BCUT2D eigenvalue weighted by atomic mass is 10.3. The van der Waals surface area contributed by atoms with E-state index in [4.69, 9.17) is 0 Å². The highest BCUT2D eigenvalue weighted by Gasteiger charge is 2.08. The molecule has 15 heavy (non-hydrogen) atoms. The van der Waals surface area contributed by atoms with Crippen molar-refractivity contribution in [1.29, 1.82) is 0 Å². The van der Waals surface area contributed by atoms with E-state index in [0.717, 1.165) is 27.4 Å². The summed E-state index contributed by atoms with van der Waals surface area (Å²) in [6.07, 6.45) is 3.58. The molecule has 0 aliphatic rings. The highest BCUT2D eigenvalue weighted by Crippen LogP contribution is 2.23. The van der Waals surface area contributed by atoms with Gasteiger partial charge in [0.25, 0.3) is 0 Å². The van der Waals surface area contributed by atoms with Crippen molar-refractivity contribution in [2.75, 3.05) is 0 Å². The highest BCUT2D eigenvalue weighted by molar-refractivity contribution is 7.13. The van der Waals surface area contributed by atoms with Crippen LogP contribution in [0.25, 0.3) is 21.9 Å². The third-order valence-electron chi connectivity index (χ3n) is 2.27. The van der Waals surface area contributed by atoms with Gasteiger partial charge >= 0.3 is 0 Å². The molecule has 3 aromatic heterocycles. The van der Waals surface area contributed by atoms with E-state index in [1.165, 1.54) is 0 Å². The van der Waals surface area contributed by atoms with Crippen LogP contribution in [0.2, 0.25) is 0 Å². The Balaban J connectivity index is 2.27. The Labute approximate surface area is 90.0 Å².